The van der Waals surface area contributed by atoms with E-state index in [-0.39, 0.29) is 5.82 Å². The van der Waals surface area contributed by atoms with Gasteiger partial charge in [0.05, 0.1) is 17.7 Å². The maximum absolute atomic E-state index is 14.2. The second kappa shape index (κ2) is 7.24. The number of nitrogens with one attached hydrogen (secondary N) is 1. The average molecular weight is 388 g/mol. The van der Waals surface area contributed by atoms with Crippen molar-refractivity contribution in [2.45, 2.75) is 38.6 Å². The number of hydrogen-bond donors (Lipinski definition) is 1. The second-order valence-electron chi connectivity index (χ2n) is 7.54. The second-order valence-corrected chi connectivity index (χ2v) is 7.54. The Morgan fingerprint density at radius 1 is 1.17 bits per heavy atom. The van der Waals surface area contributed by atoms with E-state index < -0.39 is 0 Å². The SMILES string of the molecule is Cc1n[nH]nc1-c1ccnc(-c2cn(CC3CCCc4c(F)cccc43)cn2)c1. The molecule has 1 aliphatic rings. The summed E-state index contributed by atoms with van der Waals surface area (Å²) in [7, 11) is 0. The smallest absolute Gasteiger partial charge is 0.126 e. The molecule has 0 amide bonds. The van der Waals surface area contributed by atoms with Crippen molar-refractivity contribution in [1.29, 1.82) is 0 Å². The molecule has 1 aliphatic carbocycles. The molecule has 1 unspecified atom stereocenters. The Morgan fingerprint density at radius 3 is 2.97 bits per heavy atom. The summed E-state index contributed by atoms with van der Waals surface area (Å²) in [5, 5.41) is 10.9. The van der Waals surface area contributed by atoms with Crippen molar-refractivity contribution >= 4 is 0 Å². The van der Waals surface area contributed by atoms with E-state index in [0.29, 0.717) is 5.92 Å². The number of pyridine rings is 1. The molecule has 0 spiro atoms. The summed E-state index contributed by atoms with van der Waals surface area (Å²) < 4.78 is 16.2. The number of imidazole rings is 1. The van der Waals surface area contributed by atoms with Crippen molar-refractivity contribution in [2.24, 2.45) is 0 Å². The van der Waals surface area contributed by atoms with Crippen molar-refractivity contribution in [1.82, 2.24) is 29.9 Å². The zero-order valence-electron chi connectivity index (χ0n) is 16.1. The summed E-state index contributed by atoms with van der Waals surface area (Å²) in [6, 6.07) is 9.33. The minimum absolute atomic E-state index is 0.0808. The van der Waals surface area contributed by atoms with Gasteiger partial charge in [-0.25, -0.2) is 9.37 Å². The number of hydrogen-bond acceptors (Lipinski definition) is 4. The van der Waals surface area contributed by atoms with Crippen LogP contribution in [0.5, 0.6) is 0 Å². The molecule has 1 atom stereocenters. The number of aryl methyl sites for hydroxylation is 1. The maximum atomic E-state index is 14.2. The zero-order valence-corrected chi connectivity index (χ0v) is 16.1. The lowest BCUT2D eigenvalue weighted by Crippen LogP contribution is -2.16. The fraction of sp³-hybridized carbons (Fsp3) is 0.273. The number of nitrogens with zero attached hydrogens (tertiary/aromatic N) is 5. The van der Waals surface area contributed by atoms with E-state index in [4.69, 9.17) is 0 Å². The summed E-state index contributed by atoms with van der Waals surface area (Å²) in [6.07, 6.45) is 8.50. The summed E-state index contributed by atoms with van der Waals surface area (Å²) in [6.45, 7) is 2.70. The minimum Gasteiger partial charge on any atom is -0.336 e. The van der Waals surface area contributed by atoms with Crippen LogP contribution in [0.25, 0.3) is 22.6 Å². The van der Waals surface area contributed by atoms with E-state index in [2.05, 4.69) is 36.0 Å². The van der Waals surface area contributed by atoms with Gasteiger partial charge in [0.2, 0.25) is 0 Å². The molecule has 0 bridgehead atoms. The molecule has 146 valence electrons. The molecule has 3 aromatic heterocycles. The van der Waals surface area contributed by atoms with Crippen molar-refractivity contribution in [3.63, 3.8) is 0 Å². The standard InChI is InChI=1S/C22H21FN6/c1-14-22(27-28-26-14)15-8-9-24-20(10-15)21-12-29(13-25-21)11-16-4-2-6-18-17(16)5-3-7-19(18)23/h3,5,7-10,12-13,16H,2,4,6,11H2,1H3,(H,26,27,28). The lowest BCUT2D eigenvalue weighted by Gasteiger charge is -2.26. The molecule has 3 heterocycles. The van der Waals surface area contributed by atoms with Crippen molar-refractivity contribution in [3.05, 3.63) is 71.7 Å². The van der Waals surface area contributed by atoms with Crippen LogP contribution in [-0.2, 0) is 13.0 Å². The van der Waals surface area contributed by atoms with Gasteiger partial charge in [-0.1, -0.05) is 12.1 Å². The highest BCUT2D eigenvalue weighted by Crippen LogP contribution is 2.34. The molecule has 4 aromatic rings. The molecule has 5 rings (SSSR count). The van der Waals surface area contributed by atoms with Gasteiger partial charge < -0.3 is 4.57 Å². The van der Waals surface area contributed by atoms with E-state index >= 15 is 0 Å². The number of H-pyrrole nitrogens is 1. The number of fused-ring (bicyclic) bond motifs is 1. The molecule has 1 N–H and O–H groups in total. The normalized spacial score (nSPS) is 16.0. The Bertz CT molecular complexity index is 1160. The van der Waals surface area contributed by atoms with E-state index in [0.717, 1.165) is 65.3 Å². The number of benzene rings is 1. The lowest BCUT2D eigenvalue weighted by molar-refractivity contribution is 0.469. The molecule has 0 saturated carbocycles. The number of halogens is 1. The Hall–Kier alpha value is -3.35. The molecule has 6 nitrogen and oxygen atoms in total. The number of aromatic amines is 1. The van der Waals surface area contributed by atoms with E-state index in [1.165, 1.54) is 0 Å². The summed E-state index contributed by atoms with van der Waals surface area (Å²) >= 11 is 0. The summed E-state index contributed by atoms with van der Waals surface area (Å²) in [4.78, 5) is 9.03. The first kappa shape index (κ1) is 17.7. The van der Waals surface area contributed by atoms with Gasteiger partial charge in [-0.2, -0.15) is 15.4 Å². The summed E-state index contributed by atoms with van der Waals surface area (Å²) in [5.74, 6) is 0.219. The van der Waals surface area contributed by atoms with Crippen LogP contribution in [-0.4, -0.2) is 29.9 Å². The highest BCUT2D eigenvalue weighted by molar-refractivity contribution is 5.67. The van der Waals surface area contributed by atoms with Crippen LogP contribution in [0.2, 0.25) is 0 Å². The fourth-order valence-electron chi connectivity index (χ4n) is 4.21. The van der Waals surface area contributed by atoms with Crippen LogP contribution in [0.3, 0.4) is 0 Å². The molecule has 0 fully saturated rings. The third-order valence-corrected chi connectivity index (χ3v) is 5.66. The van der Waals surface area contributed by atoms with Crippen LogP contribution in [0, 0.1) is 12.7 Å². The first-order chi connectivity index (χ1) is 14.2. The average Bonchev–Trinajstić information content (AvgIpc) is 3.38. The molecular formula is C22H21FN6. The highest BCUT2D eigenvalue weighted by atomic mass is 19.1. The topological polar surface area (TPSA) is 72.3 Å². The van der Waals surface area contributed by atoms with Gasteiger partial charge in [-0.3, -0.25) is 4.98 Å². The lowest BCUT2D eigenvalue weighted by atomic mass is 9.82. The van der Waals surface area contributed by atoms with Gasteiger partial charge in [0, 0.05) is 30.4 Å². The Balaban J connectivity index is 1.40. The van der Waals surface area contributed by atoms with Crippen LogP contribution >= 0.6 is 0 Å². The van der Waals surface area contributed by atoms with Crippen molar-refractivity contribution in [2.75, 3.05) is 0 Å². The van der Waals surface area contributed by atoms with Crippen LogP contribution in [0.1, 0.15) is 35.6 Å². The van der Waals surface area contributed by atoms with Crippen LogP contribution < -0.4 is 0 Å². The number of rotatable bonds is 4. The van der Waals surface area contributed by atoms with Crippen molar-refractivity contribution < 1.29 is 4.39 Å². The van der Waals surface area contributed by atoms with E-state index in [1.54, 1.807) is 12.3 Å². The van der Waals surface area contributed by atoms with E-state index in [1.807, 2.05) is 37.6 Å². The Kier molecular flexibility index (Phi) is 4.42. The Labute approximate surface area is 167 Å². The summed E-state index contributed by atoms with van der Waals surface area (Å²) in [5.41, 5.74) is 6.22. The molecule has 0 saturated heterocycles. The van der Waals surface area contributed by atoms with Gasteiger partial charge in [0.15, 0.2) is 0 Å². The third kappa shape index (κ3) is 3.33. The van der Waals surface area contributed by atoms with Gasteiger partial charge in [0.25, 0.3) is 0 Å². The quantitative estimate of drug-likeness (QED) is 0.566. The Morgan fingerprint density at radius 2 is 2.10 bits per heavy atom. The van der Waals surface area contributed by atoms with Crippen molar-refractivity contribution in [3.8, 4) is 22.6 Å². The van der Waals surface area contributed by atoms with Gasteiger partial charge in [0.1, 0.15) is 17.2 Å². The molecule has 1 aromatic carbocycles. The number of aromatic nitrogens is 6. The molecular weight excluding hydrogens is 367 g/mol. The predicted octanol–water partition coefficient (Wildman–Crippen LogP) is 4.30. The van der Waals surface area contributed by atoms with Crippen LogP contribution in [0.4, 0.5) is 4.39 Å². The predicted molar refractivity (Wildman–Crippen MR) is 108 cm³/mol. The van der Waals surface area contributed by atoms with Gasteiger partial charge in [-0.15, -0.1) is 0 Å². The monoisotopic (exact) mass is 388 g/mol. The molecule has 0 aliphatic heterocycles. The molecule has 0 radical (unpaired) electrons. The first-order valence-electron chi connectivity index (χ1n) is 9.82. The maximum Gasteiger partial charge on any atom is 0.126 e. The van der Waals surface area contributed by atoms with Gasteiger partial charge in [-0.05, 0) is 55.5 Å². The van der Waals surface area contributed by atoms with Gasteiger partial charge >= 0.3 is 0 Å². The van der Waals surface area contributed by atoms with E-state index in [9.17, 15) is 4.39 Å². The molecule has 29 heavy (non-hydrogen) atoms. The molecule has 7 heteroatoms. The third-order valence-electron chi connectivity index (χ3n) is 5.66. The first-order valence-corrected chi connectivity index (χ1v) is 9.82. The largest absolute Gasteiger partial charge is 0.336 e. The fourth-order valence-corrected chi connectivity index (χ4v) is 4.21. The highest BCUT2D eigenvalue weighted by Gasteiger charge is 2.23. The zero-order chi connectivity index (χ0) is 19.8. The van der Waals surface area contributed by atoms with Crippen LogP contribution in [0.15, 0.2) is 49.1 Å². The minimum atomic E-state index is -0.0808.